The van der Waals surface area contributed by atoms with E-state index in [2.05, 4.69) is 12.2 Å². The summed E-state index contributed by atoms with van der Waals surface area (Å²) in [7, 11) is 0. The van der Waals surface area contributed by atoms with E-state index in [1.54, 1.807) is 0 Å². The van der Waals surface area contributed by atoms with Crippen LogP contribution in [0.5, 0.6) is 0 Å². The average molecular weight is 254 g/mol. The molecule has 0 spiro atoms. The molecule has 2 rings (SSSR count). The Bertz CT molecular complexity index is 313. The van der Waals surface area contributed by atoms with Gasteiger partial charge in [-0.1, -0.05) is 12.2 Å². The summed E-state index contributed by atoms with van der Waals surface area (Å²) < 4.78 is 11.0. The van der Waals surface area contributed by atoms with Crippen molar-refractivity contribution in [2.45, 2.75) is 69.9 Å². The molecule has 0 aromatic heterocycles. The van der Waals surface area contributed by atoms with Crippen molar-refractivity contribution in [1.82, 2.24) is 0 Å². The number of aliphatic hydroxyl groups excluding tert-OH is 1. The van der Waals surface area contributed by atoms with Gasteiger partial charge < -0.3 is 14.6 Å². The third-order valence-electron chi connectivity index (χ3n) is 3.56. The molecule has 0 aromatic rings. The molecule has 0 aromatic carbocycles. The molecule has 1 N–H and O–H groups in total. The van der Waals surface area contributed by atoms with Gasteiger partial charge >= 0.3 is 5.97 Å². The fourth-order valence-electron chi connectivity index (χ4n) is 2.50. The molecule has 2 aliphatic heterocycles. The van der Waals surface area contributed by atoms with Crippen molar-refractivity contribution in [2.24, 2.45) is 0 Å². The van der Waals surface area contributed by atoms with E-state index < -0.39 is 12.2 Å². The molecule has 2 bridgehead atoms. The number of ether oxygens (including phenoxy) is 2. The van der Waals surface area contributed by atoms with Gasteiger partial charge in [-0.2, -0.15) is 0 Å². The van der Waals surface area contributed by atoms with Crippen LogP contribution in [0.4, 0.5) is 0 Å². The summed E-state index contributed by atoms with van der Waals surface area (Å²) in [4.78, 5) is 11.7. The molecule has 0 saturated carbocycles. The minimum absolute atomic E-state index is 0.0306. The molecule has 4 heteroatoms. The Morgan fingerprint density at radius 1 is 1.33 bits per heavy atom. The van der Waals surface area contributed by atoms with E-state index in [-0.39, 0.29) is 24.6 Å². The van der Waals surface area contributed by atoms with Gasteiger partial charge in [0.25, 0.3) is 0 Å². The smallest absolute Gasteiger partial charge is 0.308 e. The van der Waals surface area contributed by atoms with Gasteiger partial charge in [0.05, 0.1) is 30.8 Å². The van der Waals surface area contributed by atoms with Crippen molar-refractivity contribution < 1.29 is 19.4 Å². The van der Waals surface area contributed by atoms with Crippen LogP contribution in [0.15, 0.2) is 12.2 Å². The first-order valence-corrected chi connectivity index (χ1v) is 6.85. The number of cyclic esters (lactones) is 1. The molecule has 102 valence electrons. The Balaban J connectivity index is 2.03. The zero-order valence-corrected chi connectivity index (χ0v) is 10.9. The maximum absolute atomic E-state index is 11.7. The van der Waals surface area contributed by atoms with Crippen molar-refractivity contribution in [3.63, 3.8) is 0 Å². The number of fused-ring (bicyclic) bond motifs is 2. The lowest BCUT2D eigenvalue weighted by Gasteiger charge is -2.32. The lowest BCUT2D eigenvalue weighted by Crippen LogP contribution is -2.40. The Morgan fingerprint density at radius 3 is 3.00 bits per heavy atom. The van der Waals surface area contributed by atoms with Crippen LogP contribution in [0.2, 0.25) is 0 Å². The van der Waals surface area contributed by atoms with Gasteiger partial charge in [0.2, 0.25) is 0 Å². The number of rotatable bonds is 0. The molecule has 0 unspecified atom stereocenters. The molecule has 0 radical (unpaired) electrons. The summed E-state index contributed by atoms with van der Waals surface area (Å²) in [5, 5.41) is 9.85. The maximum atomic E-state index is 11.7. The van der Waals surface area contributed by atoms with E-state index in [9.17, 15) is 9.90 Å². The van der Waals surface area contributed by atoms with E-state index in [4.69, 9.17) is 9.47 Å². The first-order valence-electron chi connectivity index (χ1n) is 6.85. The largest absolute Gasteiger partial charge is 0.463 e. The molecule has 2 heterocycles. The number of carbonyl (C=O) groups excluding carboxylic acids is 1. The maximum Gasteiger partial charge on any atom is 0.308 e. The van der Waals surface area contributed by atoms with Crippen molar-refractivity contribution in [3.8, 4) is 0 Å². The molecule has 1 saturated heterocycles. The van der Waals surface area contributed by atoms with Gasteiger partial charge in [0.1, 0.15) is 0 Å². The minimum atomic E-state index is -0.555. The van der Waals surface area contributed by atoms with Crippen LogP contribution >= 0.6 is 0 Å². The molecule has 2 aliphatic rings. The monoisotopic (exact) mass is 254 g/mol. The van der Waals surface area contributed by atoms with Gasteiger partial charge in [-0.25, -0.2) is 0 Å². The van der Waals surface area contributed by atoms with Gasteiger partial charge in [0, 0.05) is 0 Å². The van der Waals surface area contributed by atoms with E-state index in [1.165, 1.54) is 0 Å². The van der Waals surface area contributed by atoms with E-state index in [1.807, 2.05) is 6.92 Å². The lowest BCUT2D eigenvalue weighted by molar-refractivity contribution is -0.160. The number of allylic oxidation sites excluding steroid dienone is 1. The Hall–Kier alpha value is -0.870. The van der Waals surface area contributed by atoms with Crippen LogP contribution in [-0.2, 0) is 14.3 Å². The molecule has 4 nitrogen and oxygen atoms in total. The standard InChI is InChI=1S/C14H22O4/c1-10-5-3-2-4-6-11-7-8-12(15)13(18-11)9-14(16)17-10/h4,6,10-13,15H,2-3,5,7-9H2,1H3/t10-,11+,12+,13+/m1/s1. The molecule has 0 aliphatic carbocycles. The average Bonchev–Trinajstić information content (AvgIpc) is 2.31. The SMILES string of the molecule is C[C@@H]1CCCC=C[C@H]2CC[C@H](O)[C@H](CC(=O)O1)O2. The molecular weight excluding hydrogens is 232 g/mol. The van der Waals surface area contributed by atoms with Crippen LogP contribution in [-0.4, -0.2) is 35.5 Å². The molecular formula is C14H22O4. The van der Waals surface area contributed by atoms with Crippen LogP contribution in [0.25, 0.3) is 0 Å². The molecule has 1 fully saturated rings. The van der Waals surface area contributed by atoms with Crippen molar-refractivity contribution >= 4 is 5.97 Å². The third-order valence-corrected chi connectivity index (χ3v) is 3.56. The summed E-state index contributed by atoms with van der Waals surface area (Å²) >= 11 is 0. The summed E-state index contributed by atoms with van der Waals surface area (Å²) in [6.45, 7) is 1.91. The lowest BCUT2D eigenvalue weighted by atomic mass is 9.98. The van der Waals surface area contributed by atoms with Crippen molar-refractivity contribution in [3.05, 3.63) is 12.2 Å². The number of carbonyl (C=O) groups is 1. The van der Waals surface area contributed by atoms with E-state index in [0.29, 0.717) is 6.42 Å². The Labute approximate surface area is 108 Å². The highest BCUT2D eigenvalue weighted by molar-refractivity contribution is 5.70. The fraction of sp³-hybridized carbons (Fsp3) is 0.786. The van der Waals surface area contributed by atoms with Crippen molar-refractivity contribution in [2.75, 3.05) is 0 Å². The van der Waals surface area contributed by atoms with Gasteiger partial charge in [-0.3, -0.25) is 4.79 Å². The second-order valence-electron chi connectivity index (χ2n) is 5.22. The molecule has 18 heavy (non-hydrogen) atoms. The highest BCUT2D eigenvalue weighted by Gasteiger charge is 2.31. The molecule has 4 atom stereocenters. The summed E-state index contributed by atoms with van der Waals surface area (Å²) in [5.41, 5.74) is 0. The van der Waals surface area contributed by atoms with Crippen LogP contribution in [0, 0.1) is 0 Å². The van der Waals surface area contributed by atoms with Crippen LogP contribution < -0.4 is 0 Å². The van der Waals surface area contributed by atoms with E-state index >= 15 is 0 Å². The number of hydrogen-bond donors (Lipinski definition) is 1. The summed E-state index contributed by atoms with van der Waals surface area (Å²) in [6.07, 6.45) is 7.73. The topological polar surface area (TPSA) is 55.8 Å². The van der Waals surface area contributed by atoms with Gasteiger partial charge in [-0.15, -0.1) is 0 Å². The quantitative estimate of drug-likeness (QED) is 0.530. The second-order valence-corrected chi connectivity index (χ2v) is 5.22. The highest BCUT2D eigenvalue weighted by Crippen LogP contribution is 2.24. The fourth-order valence-corrected chi connectivity index (χ4v) is 2.50. The Morgan fingerprint density at radius 2 is 2.17 bits per heavy atom. The number of aliphatic hydroxyl groups is 1. The zero-order chi connectivity index (χ0) is 13.0. The third kappa shape index (κ3) is 3.82. The summed E-state index contributed by atoms with van der Waals surface area (Å²) in [5.74, 6) is -0.267. The first kappa shape index (κ1) is 13.6. The number of esters is 1. The van der Waals surface area contributed by atoms with Gasteiger partial charge in [0.15, 0.2) is 0 Å². The zero-order valence-electron chi connectivity index (χ0n) is 10.9. The first-order chi connectivity index (χ1) is 8.65. The predicted molar refractivity (Wildman–Crippen MR) is 67.1 cm³/mol. The normalized spacial score (nSPS) is 38.4. The molecule has 0 amide bonds. The van der Waals surface area contributed by atoms with Crippen LogP contribution in [0.3, 0.4) is 0 Å². The predicted octanol–water partition coefficient (Wildman–Crippen LogP) is 1.96. The highest BCUT2D eigenvalue weighted by atomic mass is 16.5. The van der Waals surface area contributed by atoms with Gasteiger partial charge in [-0.05, 0) is 39.0 Å². The van der Waals surface area contributed by atoms with Crippen LogP contribution in [0.1, 0.15) is 45.4 Å². The van der Waals surface area contributed by atoms with E-state index in [0.717, 1.165) is 25.7 Å². The number of hydrogen-bond acceptors (Lipinski definition) is 4. The summed E-state index contributed by atoms with van der Waals surface area (Å²) in [6, 6.07) is 0. The second kappa shape index (κ2) is 6.34. The Kier molecular flexibility index (Phi) is 4.78. The minimum Gasteiger partial charge on any atom is -0.463 e. The van der Waals surface area contributed by atoms with Crippen molar-refractivity contribution in [1.29, 1.82) is 0 Å².